The van der Waals surface area contributed by atoms with Crippen LogP contribution in [0.15, 0.2) is 29.2 Å². The van der Waals surface area contributed by atoms with Gasteiger partial charge in [-0.15, -0.1) is 0 Å². The van der Waals surface area contributed by atoms with E-state index in [-0.39, 0.29) is 10.6 Å². The number of piperidine rings is 2. The normalized spacial score (nSPS) is 26.2. The predicted molar refractivity (Wildman–Crippen MR) is 90.2 cm³/mol. The fourth-order valence-corrected chi connectivity index (χ4v) is 5.23. The van der Waals surface area contributed by atoms with Crippen molar-refractivity contribution in [1.29, 1.82) is 0 Å². The van der Waals surface area contributed by atoms with Gasteiger partial charge in [-0.2, -0.15) is 4.31 Å². The molecule has 132 valence electrons. The molecule has 7 nitrogen and oxygen atoms in total. The van der Waals surface area contributed by atoms with Gasteiger partial charge in [-0.25, -0.2) is 8.42 Å². The fraction of sp³-hybridized carbons (Fsp3) is 0.625. The molecule has 2 heterocycles. The summed E-state index contributed by atoms with van der Waals surface area (Å²) in [5, 5.41) is 14.2. The highest BCUT2D eigenvalue weighted by molar-refractivity contribution is 7.89. The first kappa shape index (κ1) is 17.3. The first-order valence-corrected chi connectivity index (χ1v) is 9.90. The fourth-order valence-electron chi connectivity index (χ4n) is 3.69. The molecule has 8 heteroatoms. The molecule has 1 aromatic carbocycles. The molecule has 3 rings (SSSR count). The van der Waals surface area contributed by atoms with Crippen molar-refractivity contribution in [3.05, 3.63) is 34.4 Å². The van der Waals surface area contributed by atoms with Crippen LogP contribution in [0.25, 0.3) is 0 Å². The Morgan fingerprint density at radius 3 is 2.50 bits per heavy atom. The molecule has 24 heavy (non-hydrogen) atoms. The molecule has 0 aliphatic carbocycles. The minimum atomic E-state index is -3.59. The second kappa shape index (κ2) is 7.16. The SMILES string of the molecule is O=[N+]([O-])c1ccc(S(=O)(=O)N2CCCC(C3CCCCN3)C2)cc1. The summed E-state index contributed by atoms with van der Waals surface area (Å²) in [6.07, 6.45) is 5.40. The van der Waals surface area contributed by atoms with Gasteiger partial charge in [0, 0.05) is 31.3 Å². The first-order valence-electron chi connectivity index (χ1n) is 8.46. The van der Waals surface area contributed by atoms with Crippen LogP contribution in [0.5, 0.6) is 0 Å². The number of nitrogens with one attached hydrogen (secondary N) is 1. The number of benzene rings is 1. The summed E-state index contributed by atoms with van der Waals surface area (Å²) >= 11 is 0. The molecule has 0 spiro atoms. The van der Waals surface area contributed by atoms with Crippen LogP contribution in [0, 0.1) is 16.0 Å². The van der Waals surface area contributed by atoms with Gasteiger partial charge in [-0.3, -0.25) is 10.1 Å². The number of nitrogens with zero attached hydrogens (tertiary/aromatic N) is 2. The van der Waals surface area contributed by atoms with E-state index in [4.69, 9.17) is 0 Å². The van der Waals surface area contributed by atoms with Gasteiger partial charge in [0.05, 0.1) is 9.82 Å². The quantitative estimate of drug-likeness (QED) is 0.661. The molecule has 0 saturated carbocycles. The molecular formula is C16H23N3O4S. The third-order valence-electron chi connectivity index (χ3n) is 5.02. The molecule has 2 aliphatic heterocycles. The lowest BCUT2D eigenvalue weighted by atomic mass is 9.87. The number of hydrogen-bond donors (Lipinski definition) is 1. The van der Waals surface area contributed by atoms with Gasteiger partial charge < -0.3 is 5.32 Å². The van der Waals surface area contributed by atoms with Crippen molar-refractivity contribution in [3.8, 4) is 0 Å². The van der Waals surface area contributed by atoms with Gasteiger partial charge in [0.15, 0.2) is 0 Å². The minimum absolute atomic E-state index is 0.100. The van der Waals surface area contributed by atoms with Crippen molar-refractivity contribution in [2.75, 3.05) is 19.6 Å². The third-order valence-corrected chi connectivity index (χ3v) is 6.90. The van der Waals surface area contributed by atoms with Crippen LogP contribution in [0.3, 0.4) is 0 Å². The standard InChI is InChI=1S/C16H23N3O4S/c20-19(21)14-6-8-15(9-7-14)24(22,23)18-11-3-4-13(12-18)16-5-1-2-10-17-16/h6-9,13,16-17H,1-5,10-12H2. The lowest BCUT2D eigenvalue weighted by Gasteiger charge is -2.38. The second-order valence-electron chi connectivity index (χ2n) is 6.57. The van der Waals surface area contributed by atoms with Crippen LogP contribution in [0.4, 0.5) is 5.69 Å². The van der Waals surface area contributed by atoms with E-state index in [2.05, 4.69) is 5.32 Å². The molecule has 0 radical (unpaired) electrons. The minimum Gasteiger partial charge on any atom is -0.314 e. The summed E-state index contributed by atoms with van der Waals surface area (Å²) in [5.74, 6) is 0.340. The van der Waals surface area contributed by atoms with Gasteiger partial charge in [-0.1, -0.05) is 6.42 Å². The lowest BCUT2D eigenvalue weighted by Crippen LogP contribution is -2.49. The highest BCUT2D eigenvalue weighted by Gasteiger charge is 2.34. The van der Waals surface area contributed by atoms with E-state index in [1.54, 1.807) is 4.31 Å². The molecule has 2 fully saturated rings. The number of sulfonamides is 1. The van der Waals surface area contributed by atoms with Crippen molar-refractivity contribution >= 4 is 15.7 Å². The molecule has 0 bridgehead atoms. The Hall–Kier alpha value is -1.51. The molecular weight excluding hydrogens is 330 g/mol. The number of rotatable bonds is 4. The van der Waals surface area contributed by atoms with Crippen molar-refractivity contribution in [2.24, 2.45) is 5.92 Å². The highest BCUT2D eigenvalue weighted by atomic mass is 32.2. The molecule has 1 aromatic rings. The van der Waals surface area contributed by atoms with Crippen molar-refractivity contribution in [3.63, 3.8) is 0 Å². The van der Waals surface area contributed by atoms with Crippen LogP contribution < -0.4 is 5.32 Å². The van der Waals surface area contributed by atoms with Gasteiger partial charge >= 0.3 is 0 Å². The number of nitro benzene ring substituents is 1. The van der Waals surface area contributed by atoms with E-state index < -0.39 is 14.9 Å². The average Bonchev–Trinajstić information content (AvgIpc) is 2.62. The Bertz CT molecular complexity index is 684. The van der Waals surface area contributed by atoms with E-state index in [1.165, 1.54) is 37.1 Å². The predicted octanol–water partition coefficient (Wildman–Crippen LogP) is 2.14. The summed E-state index contributed by atoms with van der Waals surface area (Å²) in [5.41, 5.74) is -0.100. The van der Waals surface area contributed by atoms with Crippen LogP contribution in [0.1, 0.15) is 32.1 Å². The molecule has 2 unspecified atom stereocenters. The lowest BCUT2D eigenvalue weighted by molar-refractivity contribution is -0.384. The zero-order chi connectivity index (χ0) is 17.2. The van der Waals surface area contributed by atoms with Crippen LogP contribution in [-0.4, -0.2) is 43.3 Å². The monoisotopic (exact) mass is 353 g/mol. The Kier molecular flexibility index (Phi) is 5.17. The smallest absolute Gasteiger partial charge is 0.269 e. The van der Waals surface area contributed by atoms with Crippen LogP contribution >= 0.6 is 0 Å². The second-order valence-corrected chi connectivity index (χ2v) is 8.51. The van der Waals surface area contributed by atoms with Gasteiger partial charge in [0.2, 0.25) is 10.0 Å². The zero-order valence-corrected chi connectivity index (χ0v) is 14.4. The van der Waals surface area contributed by atoms with Gasteiger partial charge in [-0.05, 0) is 50.3 Å². The molecule has 2 saturated heterocycles. The average molecular weight is 353 g/mol. The summed E-state index contributed by atoms with van der Waals surface area (Å²) in [6, 6.07) is 5.55. The maximum absolute atomic E-state index is 12.8. The summed E-state index contributed by atoms with van der Waals surface area (Å²) in [4.78, 5) is 10.3. The molecule has 0 aromatic heterocycles. The number of hydrogen-bond acceptors (Lipinski definition) is 5. The van der Waals surface area contributed by atoms with E-state index in [9.17, 15) is 18.5 Å². The number of non-ortho nitro benzene ring substituents is 1. The Morgan fingerprint density at radius 1 is 1.12 bits per heavy atom. The maximum atomic E-state index is 12.8. The zero-order valence-electron chi connectivity index (χ0n) is 13.6. The maximum Gasteiger partial charge on any atom is 0.269 e. The van der Waals surface area contributed by atoms with Crippen molar-refractivity contribution in [1.82, 2.24) is 9.62 Å². The highest BCUT2D eigenvalue weighted by Crippen LogP contribution is 2.28. The van der Waals surface area contributed by atoms with E-state index in [0.29, 0.717) is 25.0 Å². The van der Waals surface area contributed by atoms with E-state index in [1.807, 2.05) is 0 Å². The van der Waals surface area contributed by atoms with Gasteiger partial charge in [0.1, 0.15) is 0 Å². The van der Waals surface area contributed by atoms with Crippen molar-refractivity contribution in [2.45, 2.75) is 43.0 Å². The molecule has 2 atom stereocenters. The van der Waals surface area contributed by atoms with E-state index in [0.717, 1.165) is 25.8 Å². The van der Waals surface area contributed by atoms with Crippen LogP contribution in [-0.2, 0) is 10.0 Å². The largest absolute Gasteiger partial charge is 0.314 e. The Balaban J connectivity index is 1.74. The molecule has 1 N–H and O–H groups in total. The summed E-state index contributed by atoms with van der Waals surface area (Å²) in [6.45, 7) is 2.05. The van der Waals surface area contributed by atoms with Crippen LogP contribution in [0.2, 0.25) is 0 Å². The number of nitro groups is 1. The Morgan fingerprint density at radius 2 is 1.88 bits per heavy atom. The first-order chi connectivity index (χ1) is 11.5. The Labute approximate surface area is 142 Å². The topological polar surface area (TPSA) is 92.5 Å². The van der Waals surface area contributed by atoms with Crippen molar-refractivity contribution < 1.29 is 13.3 Å². The molecule has 2 aliphatic rings. The summed E-state index contributed by atoms with van der Waals surface area (Å²) < 4.78 is 27.2. The van der Waals surface area contributed by atoms with E-state index >= 15 is 0 Å². The third kappa shape index (κ3) is 3.60. The summed E-state index contributed by atoms with van der Waals surface area (Å²) in [7, 11) is -3.59. The van der Waals surface area contributed by atoms with Gasteiger partial charge in [0.25, 0.3) is 5.69 Å². The molecule has 0 amide bonds.